The molecule has 1 unspecified atom stereocenters. The van der Waals surface area contributed by atoms with E-state index in [1.807, 2.05) is 43.3 Å². The monoisotopic (exact) mass is 422 g/mol. The number of aliphatic hydroxyl groups is 1. The van der Waals surface area contributed by atoms with E-state index in [0.29, 0.717) is 37.2 Å². The van der Waals surface area contributed by atoms with Gasteiger partial charge in [-0.15, -0.1) is 0 Å². The molecule has 31 heavy (non-hydrogen) atoms. The van der Waals surface area contributed by atoms with E-state index in [4.69, 9.17) is 4.74 Å². The molecule has 0 aliphatic carbocycles. The van der Waals surface area contributed by atoms with Crippen molar-refractivity contribution in [3.63, 3.8) is 0 Å². The molecule has 0 aliphatic heterocycles. The molecule has 0 spiro atoms. The molecule has 3 N–H and O–H groups in total. The van der Waals surface area contributed by atoms with E-state index in [-0.39, 0.29) is 5.82 Å². The second kappa shape index (κ2) is 10.5. The Bertz CT molecular complexity index is 992. The molecule has 7 heteroatoms. The van der Waals surface area contributed by atoms with E-state index >= 15 is 0 Å². The van der Waals surface area contributed by atoms with E-state index in [1.54, 1.807) is 31.3 Å². The number of guanidine groups is 1. The van der Waals surface area contributed by atoms with Crippen molar-refractivity contribution in [3.05, 3.63) is 89.9 Å². The number of halogens is 1. The van der Waals surface area contributed by atoms with Gasteiger partial charge in [0.2, 0.25) is 5.88 Å². The largest absolute Gasteiger partial charge is 0.439 e. The molecule has 0 amide bonds. The molecule has 0 radical (unpaired) electrons. The molecule has 0 fully saturated rings. The van der Waals surface area contributed by atoms with Crippen LogP contribution in [0.1, 0.15) is 25.0 Å². The van der Waals surface area contributed by atoms with Crippen molar-refractivity contribution >= 4 is 5.96 Å². The number of aliphatic imine (C=N–C) groups is 1. The van der Waals surface area contributed by atoms with E-state index in [1.165, 1.54) is 12.1 Å². The summed E-state index contributed by atoms with van der Waals surface area (Å²) in [7, 11) is 0. The van der Waals surface area contributed by atoms with Crippen LogP contribution in [0.25, 0.3) is 0 Å². The lowest BCUT2D eigenvalue weighted by molar-refractivity contribution is 0.0617. The fourth-order valence-electron chi connectivity index (χ4n) is 2.88. The summed E-state index contributed by atoms with van der Waals surface area (Å²) in [6, 6.07) is 19.0. The van der Waals surface area contributed by atoms with Crippen LogP contribution in [0, 0.1) is 5.82 Å². The fourth-order valence-corrected chi connectivity index (χ4v) is 2.88. The highest BCUT2D eigenvalue weighted by molar-refractivity contribution is 5.79. The van der Waals surface area contributed by atoms with Gasteiger partial charge in [-0.3, -0.25) is 0 Å². The third kappa shape index (κ3) is 6.79. The number of pyridine rings is 1. The van der Waals surface area contributed by atoms with Crippen LogP contribution < -0.4 is 15.4 Å². The first-order chi connectivity index (χ1) is 15.0. The van der Waals surface area contributed by atoms with E-state index in [9.17, 15) is 9.50 Å². The molecular weight excluding hydrogens is 395 g/mol. The Morgan fingerprint density at radius 1 is 1.10 bits per heavy atom. The highest BCUT2D eigenvalue weighted by Crippen LogP contribution is 2.20. The van der Waals surface area contributed by atoms with Crippen LogP contribution in [0.4, 0.5) is 4.39 Å². The Balaban J connectivity index is 1.59. The molecule has 162 valence electrons. The summed E-state index contributed by atoms with van der Waals surface area (Å²) < 4.78 is 18.8. The van der Waals surface area contributed by atoms with Crippen LogP contribution in [0.15, 0.2) is 77.9 Å². The minimum absolute atomic E-state index is 0.307. The number of hydrogen-bond donors (Lipinski definition) is 3. The van der Waals surface area contributed by atoms with Crippen molar-refractivity contribution in [2.45, 2.75) is 26.0 Å². The summed E-state index contributed by atoms with van der Waals surface area (Å²) >= 11 is 0. The minimum Gasteiger partial charge on any atom is -0.439 e. The predicted molar refractivity (Wildman–Crippen MR) is 120 cm³/mol. The standard InChI is InChI=1S/C24H27FN4O2/c1-3-26-23(29-17-24(2,30)19-8-5-4-6-9-19)28-16-18-12-13-22(27-15-18)31-21-11-7-10-20(25)14-21/h4-15,30H,3,16-17H2,1-2H3,(H2,26,28,29). The number of ether oxygens (including phenoxy) is 1. The maximum atomic E-state index is 13.3. The summed E-state index contributed by atoms with van der Waals surface area (Å²) in [4.78, 5) is 8.82. The molecular formula is C24H27FN4O2. The molecule has 1 heterocycles. The molecule has 2 aromatic carbocycles. The zero-order chi connectivity index (χ0) is 22.1. The SMILES string of the molecule is CCNC(=NCc1ccc(Oc2cccc(F)c2)nc1)NCC(C)(O)c1ccccc1. The summed E-state index contributed by atoms with van der Waals surface area (Å²) in [5, 5.41) is 17.1. The summed E-state index contributed by atoms with van der Waals surface area (Å²) in [5.41, 5.74) is 0.685. The van der Waals surface area contributed by atoms with Gasteiger partial charge < -0.3 is 20.5 Å². The number of aromatic nitrogens is 1. The highest BCUT2D eigenvalue weighted by Gasteiger charge is 2.22. The van der Waals surface area contributed by atoms with Gasteiger partial charge in [0.25, 0.3) is 0 Å². The predicted octanol–water partition coefficient (Wildman–Crippen LogP) is 3.98. The van der Waals surface area contributed by atoms with Gasteiger partial charge in [-0.2, -0.15) is 0 Å². The van der Waals surface area contributed by atoms with Crippen molar-refractivity contribution in [1.29, 1.82) is 0 Å². The van der Waals surface area contributed by atoms with Crippen LogP contribution in [-0.2, 0) is 12.1 Å². The van der Waals surface area contributed by atoms with Gasteiger partial charge in [-0.1, -0.05) is 42.5 Å². The maximum Gasteiger partial charge on any atom is 0.219 e. The molecule has 6 nitrogen and oxygen atoms in total. The van der Waals surface area contributed by atoms with Crippen molar-refractivity contribution in [2.24, 2.45) is 4.99 Å². The second-order valence-electron chi connectivity index (χ2n) is 7.25. The third-order valence-electron chi connectivity index (χ3n) is 4.58. The van der Waals surface area contributed by atoms with Gasteiger partial charge in [-0.05, 0) is 37.1 Å². The van der Waals surface area contributed by atoms with E-state index < -0.39 is 5.60 Å². The van der Waals surface area contributed by atoms with E-state index in [2.05, 4.69) is 20.6 Å². The second-order valence-corrected chi connectivity index (χ2v) is 7.25. The smallest absolute Gasteiger partial charge is 0.219 e. The van der Waals surface area contributed by atoms with Gasteiger partial charge in [0, 0.05) is 24.9 Å². The first-order valence-corrected chi connectivity index (χ1v) is 10.1. The Hall–Kier alpha value is -3.45. The average Bonchev–Trinajstić information content (AvgIpc) is 2.77. The van der Waals surface area contributed by atoms with Crippen molar-refractivity contribution in [3.8, 4) is 11.6 Å². The van der Waals surface area contributed by atoms with Crippen LogP contribution in [0.2, 0.25) is 0 Å². The first-order valence-electron chi connectivity index (χ1n) is 10.1. The molecule has 0 saturated heterocycles. The number of benzene rings is 2. The summed E-state index contributed by atoms with van der Waals surface area (Å²) in [5.74, 6) is 1.00. The van der Waals surface area contributed by atoms with Crippen LogP contribution in [-0.4, -0.2) is 29.1 Å². The summed E-state index contributed by atoms with van der Waals surface area (Å²) in [6.07, 6.45) is 1.67. The van der Waals surface area contributed by atoms with Crippen molar-refractivity contribution in [2.75, 3.05) is 13.1 Å². The lowest BCUT2D eigenvalue weighted by atomic mass is 9.96. The van der Waals surface area contributed by atoms with Gasteiger partial charge in [0.05, 0.1) is 13.1 Å². The van der Waals surface area contributed by atoms with Crippen molar-refractivity contribution < 1.29 is 14.2 Å². The van der Waals surface area contributed by atoms with Gasteiger partial charge in [0.15, 0.2) is 5.96 Å². The topological polar surface area (TPSA) is 78.8 Å². The Labute approximate surface area is 181 Å². The van der Waals surface area contributed by atoms with Gasteiger partial charge in [0.1, 0.15) is 17.2 Å². The van der Waals surface area contributed by atoms with Crippen molar-refractivity contribution in [1.82, 2.24) is 15.6 Å². The number of nitrogens with zero attached hydrogens (tertiary/aromatic N) is 2. The number of hydrogen-bond acceptors (Lipinski definition) is 4. The van der Waals surface area contributed by atoms with Gasteiger partial charge >= 0.3 is 0 Å². The molecule has 3 aromatic rings. The Kier molecular flexibility index (Phi) is 7.56. The molecule has 1 atom stereocenters. The lowest BCUT2D eigenvalue weighted by Gasteiger charge is -2.25. The Morgan fingerprint density at radius 3 is 2.58 bits per heavy atom. The quantitative estimate of drug-likeness (QED) is 0.378. The van der Waals surface area contributed by atoms with Gasteiger partial charge in [-0.25, -0.2) is 14.4 Å². The zero-order valence-electron chi connectivity index (χ0n) is 17.7. The normalized spacial score (nSPS) is 13.4. The third-order valence-corrected chi connectivity index (χ3v) is 4.58. The van der Waals surface area contributed by atoms with Crippen LogP contribution in [0.5, 0.6) is 11.6 Å². The number of nitrogens with one attached hydrogen (secondary N) is 2. The molecule has 0 saturated carbocycles. The maximum absolute atomic E-state index is 13.3. The average molecular weight is 423 g/mol. The minimum atomic E-state index is -1.03. The first kappa shape index (κ1) is 22.2. The molecule has 1 aromatic heterocycles. The number of rotatable bonds is 8. The highest BCUT2D eigenvalue weighted by atomic mass is 19.1. The molecule has 0 aliphatic rings. The fraction of sp³-hybridized carbons (Fsp3) is 0.250. The molecule has 3 rings (SSSR count). The lowest BCUT2D eigenvalue weighted by Crippen LogP contribution is -2.44. The van der Waals surface area contributed by atoms with Crippen LogP contribution >= 0.6 is 0 Å². The van der Waals surface area contributed by atoms with E-state index in [0.717, 1.165) is 11.1 Å². The van der Waals surface area contributed by atoms with Crippen LogP contribution in [0.3, 0.4) is 0 Å². The summed E-state index contributed by atoms with van der Waals surface area (Å²) in [6.45, 7) is 5.14. The Morgan fingerprint density at radius 2 is 1.90 bits per heavy atom. The zero-order valence-corrected chi connectivity index (χ0v) is 17.7. The molecule has 0 bridgehead atoms.